The number of aromatic nitrogens is 5. The van der Waals surface area contributed by atoms with E-state index >= 15 is 0 Å². The van der Waals surface area contributed by atoms with Gasteiger partial charge in [0.25, 0.3) is 0 Å². The second kappa shape index (κ2) is 5.96. The number of hydrogen-bond acceptors (Lipinski definition) is 6. The third kappa shape index (κ3) is 2.39. The Bertz CT molecular complexity index is 684. The van der Waals surface area contributed by atoms with Gasteiger partial charge in [-0.15, -0.1) is 47.3 Å². The van der Waals surface area contributed by atoms with Crippen molar-refractivity contribution in [1.29, 1.82) is 5.41 Å². The van der Waals surface area contributed by atoms with E-state index in [4.69, 9.17) is 11.8 Å². The molecule has 2 aromatic rings. The van der Waals surface area contributed by atoms with Crippen molar-refractivity contribution in [2.45, 2.75) is 6.54 Å². The smallest absolute Gasteiger partial charge is 0.292 e. The van der Waals surface area contributed by atoms with Gasteiger partial charge in [-0.05, 0) is 6.26 Å². The van der Waals surface area contributed by atoms with Crippen LogP contribution in [0.5, 0.6) is 0 Å². The molecular weight excluding hydrogens is 367 g/mol. The molecule has 0 bridgehead atoms. The first kappa shape index (κ1) is 14.7. The molecule has 18 heavy (non-hydrogen) atoms. The van der Waals surface area contributed by atoms with Crippen molar-refractivity contribution >= 4 is 46.4 Å². The molecule has 2 heterocycles. The van der Waals surface area contributed by atoms with Crippen LogP contribution in [0.25, 0.3) is 5.65 Å². The maximum atomic E-state index is 11.9. The molecule has 2 rings (SSSR count). The highest BCUT2D eigenvalue weighted by atomic mass is 127. The summed E-state index contributed by atoms with van der Waals surface area (Å²) in [5.74, 6) is 2.31. The molecule has 0 radical (unpaired) electrons. The van der Waals surface area contributed by atoms with E-state index < -0.39 is 5.69 Å². The minimum atomic E-state index is -0.416. The number of terminal acetylenes is 1. The first-order valence-corrected chi connectivity index (χ1v) is 5.78. The standard InChI is InChI=1S/C9H8N6OS.HI/c1-3-4-15-9(16)14-5-11-6(7(10)17-2)8(14)12-13-15;/h1,5,10H,4H2,2H3;1H. The summed E-state index contributed by atoms with van der Waals surface area (Å²) < 4.78 is 2.28. The lowest BCUT2D eigenvalue weighted by atomic mass is 10.5. The monoisotopic (exact) mass is 376 g/mol. The highest BCUT2D eigenvalue weighted by molar-refractivity contribution is 14.0. The molecule has 0 saturated carbocycles. The van der Waals surface area contributed by atoms with E-state index in [1.807, 2.05) is 0 Å². The van der Waals surface area contributed by atoms with Gasteiger partial charge in [0.2, 0.25) is 0 Å². The number of nitrogens with zero attached hydrogens (tertiary/aromatic N) is 5. The van der Waals surface area contributed by atoms with Gasteiger partial charge in [0.15, 0.2) is 5.65 Å². The van der Waals surface area contributed by atoms with Crippen molar-refractivity contribution in [3.05, 3.63) is 22.5 Å². The van der Waals surface area contributed by atoms with Crippen molar-refractivity contribution in [3.63, 3.8) is 0 Å². The van der Waals surface area contributed by atoms with Crippen LogP contribution in [-0.4, -0.2) is 35.7 Å². The lowest BCUT2D eigenvalue weighted by Gasteiger charge is -1.99. The molecule has 0 atom stereocenters. The molecule has 94 valence electrons. The largest absolute Gasteiger partial charge is 0.353 e. The average Bonchev–Trinajstić information content (AvgIpc) is 2.76. The van der Waals surface area contributed by atoms with E-state index in [2.05, 4.69) is 21.2 Å². The predicted molar refractivity (Wildman–Crippen MR) is 79.6 cm³/mol. The second-order valence-electron chi connectivity index (χ2n) is 3.05. The molecule has 0 unspecified atom stereocenters. The SMILES string of the molecule is C#CCn1nnc2c(C(=N)SC)ncn2c1=O.I. The van der Waals surface area contributed by atoms with Gasteiger partial charge in [-0.3, -0.25) is 5.41 Å². The highest BCUT2D eigenvalue weighted by Crippen LogP contribution is 2.10. The molecule has 0 saturated heterocycles. The maximum Gasteiger partial charge on any atom is 0.353 e. The second-order valence-corrected chi connectivity index (χ2v) is 3.87. The van der Waals surface area contributed by atoms with Gasteiger partial charge in [-0.2, -0.15) is 4.68 Å². The van der Waals surface area contributed by atoms with E-state index in [0.29, 0.717) is 5.69 Å². The summed E-state index contributed by atoms with van der Waals surface area (Å²) in [5, 5.41) is 15.4. The third-order valence-corrected chi connectivity index (χ3v) is 2.68. The van der Waals surface area contributed by atoms with Gasteiger partial charge in [0, 0.05) is 0 Å². The van der Waals surface area contributed by atoms with E-state index in [-0.39, 0.29) is 41.2 Å². The van der Waals surface area contributed by atoms with E-state index in [1.165, 1.54) is 22.5 Å². The van der Waals surface area contributed by atoms with E-state index in [0.717, 1.165) is 4.68 Å². The van der Waals surface area contributed by atoms with Crippen LogP contribution < -0.4 is 5.69 Å². The first-order valence-electron chi connectivity index (χ1n) is 4.56. The Labute approximate surface area is 124 Å². The summed E-state index contributed by atoms with van der Waals surface area (Å²) in [7, 11) is 0. The molecule has 0 aliphatic carbocycles. The van der Waals surface area contributed by atoms with E-state index in [1.54, 1.807) is 6.26 Å². The number of nitrogens with one attached hydrogen (secondary N) is 1. The van der Waals surface area contributed by atoms with Gasteiger partial charge in [-0.25, -0.2) is 14.2 Å². The number of halogens is 1. The highest BCUT2D eigenvalue weighted by Gasteiger charge is 2.13. The molecule has 2 aromatic heterocycles. The number of fused-ring (bicyclic) bond motifs is 1. The summed E-state index contributed by atoms with van der Waals surface area (Å²) in [5.41, 5.74) is 0.193. The van der Waals surface area contributed by atoms with Gasteiger partial charge >= 0.3 is 5.69 Å². The van der Waals surface area contributed by atoms with E-state index in [9.17, 15) is 4.79 Å². The third-order valence-electron chi connectivity index (χ3n) is 2.08. The molecule has 0 aromatic carbocycles. The van der Waals surface area contributed by atoms with Gasteiger partial charge in [0.1, 0.15) is 23.6 Å². The summed E-state index contributed by atoms with van der Waals surface area (Å²) >= 11 is 1.22. The number of hydrogen-bond donors (Lipinski definition) is 1. The van der Waals surface area contributed by atoms with Crippen molar-refractivity contribution in [1.82, 2.24) is 24.4 Å². The van der Waals surface area contributed by atoms with Crippen LogP contribution in [0, 0.1) is 17.8 Å². The molecule has 0 aliphatic rings. The molecule has 0 aliphatic heterocycles. The quantitative estimate of drug-likeness (QED) is 0.351. The summed E-state index contributed by atoms with van der Waals surface area (Å²) in [6.07, 6.45) is 8.18. The molecule has 0 amide bonds. The van der Waals surface area contributed by atoms with Crippen molar-refractivity contribution in [2.75, 3.05) is 6.26 Å². The number of thioether (sulfide) groups is 1. The fraction of sp³-hybridized carbons (Fsp3) is 0.222. The zero-order valence-corrected chi connectivity index (χ0v) is 12.5. The van der Waals surface area contributed by atoms with Crippen LogP contribution in [0.4, 0.5) is 0 Å². The molecule has 0 fully saturated rings. The predicted octanol–water partition coefficient (Wildman–Crippen LogP) is 0.226. The normalized spacial score (nSPS) is 9.78. The van der Waals surface area contributed by atoms with Crippen LogP contribution in [0.2, 0.25) is 0 Å². The Morgan fingerprint density at radius 3 is 3.00 bits per heavy atom. The number of rotatable bonds is 2. The summed E-state index contributed by atoms with van der Waals surface area (Å²) in [4.78, 5) is 15.8. The summed E-state index contributed by atoms with van der Waals surface area (Å²) in [6, 6.07) is 0. The average molecular weight is 376 g/mol. The van der Waals surface area contributed by atoms with Crippen LogP contribution in [0.15, 0.2) is 11.1 Å². The fourth-order valence-corrected chi connectivity index (χ4v) is 1.62. The van der Waals surface area contributed by atoms with Crippen molar-refractivity contribution < 1.29 is 0 Å². The zero-order chi connectivity index (χ0) is 12.4. The number of imidazole rings is 1. The fourth-order valence-electron chi connectivity index (χ4n) is 1.28. The lowest BCUT2D eigenvalue weighted by molar-refractivity contribution is 0.576. The molecule has 0 spiro atoms. The Morgan fingerprint density at radius 1 is 1.67 bits per heavy atom. The lowest BCUT2D eigenvalue weighted by Crippen LogP contribution is -2.29. The minimum Gasteiger partial charge on any atom is -0.292 e. The minimum absolute atomic E-state index is 0. The Kier molecular flexibility index (Phi) is 4.85. The summed E-state index contributed by atoms with van der Waals surface area (Å²) in [6.45, 7) is 0.0509. The van der Waals surface area contributed by atoms with Crippen LogP contribution in [0.1, 0.15) is 5.69 Å². The maximum absolute atomic E-state index is 11.9. The molecular formula is C9H9IN6OS. The molecule has 7 nitrogen and oxygen atoms in total. The van der Waals surface area contributed by atoms with Crippen LogP contribution in [0.3, 0.4) is 0 Å². The first-order chi connectivity index (χ1) is 8.19. The van der Waals surface area contributed by atoms with Crippen molar-refractivity contribution in [3.8, 4) is 12.3 Å². The van der Waals surface area contributed by atoms with Crippen LogP contribution >= 0.6 is 35.7 Å². The van der Waals surface area contributed by atoms with Gasteiger partial charge in [-0.1, -0.05) is 11.1 Å². The van der Waals surface area contributed by atoms with Gasteiger partial charge < -0.3 is 0 Å². The van der Waals surface area contributed by atoms with Crippen LogP contribution in [-0.2, 0) is 6.54 Å². The van der Waals surface area contributed by atoms with Crippen molar-refractivity contribution in [2.24, 2.45) is 0 Å². The molecule has 9 heteroatoms. The zero-order valence-electron chi connectivity index (χ0n) is 9.32. The Morgan fingerprint density at radius 2 is 2.39 bits per heavy atom. The Hall–Kier alpha value is -1.41. The topological polar surface area (TPSA) is 88.9 Å². The molecule has 1 N–H and O–H groups in total. The Balaban J connectivity index is 0.00000162. The van der Waals surface area contributed by atoms with Gasteiger partial charge in [0.05, 0.1) is 0 Å².